The van der Waals surface area contributed by atoms with E-state index in [4.69, 9.17) is 14.2 Å². The fraction of sp³-hybridized carbons (Fsp3) is 0.294. The molecule has 0 saturated heterocycles. The van der Waals surface area contributed by atoms with Crippen molar-refractivity contribution in [1.82, 2.24) is 0 Å². The van der Waals surface area contributed by atoms with E-state index in [0.29, 0.717) is 23.5 Å². The highest BCUT2D eigenvalue weighted by molar-refractivity contribution is 5.47. The van der Waals surface area contributed by atoms with Gasteiger partial charge in [0, 0.05) is 6.42 Å². The maximum absolute atomic E-state index is 10.6. The van der Waals surface area contributed by atoms with E-state index in [1.165, 1.54) is 0 Å². The average Bonchev–Trinajstić information content (AvgIpc) is 2.53. The number of hydrogen-bond acceptors (Lipinski definition) is 4. The number of ether oxygens (including phenoxy) is 3. The first kappa shape index (κ1) is 15.2. The molecule has 112 valence electrons. The van der Waals surface area contributed by atoms with Crippen molar-refractivity contribution >= 4 is 0 Å². The highest BCUT2D eigenvalue weighted by Crippen LogP contribution is 2.35. The van der Waals surface area contributed by atoms with E-state index in [2.05, 4.69) is 0 Å². The molecule has 0 aliphatic carbocycles. The van der Waals surface area contributed by atoms with Crippen LogP contribution in [0.1, 0.15) is 17.2 Å². The third-order valence-corrected chi connectivity index (χ3v) is 3.36. The Bertz CT molecular complexity index is 573. The Morgan fingerprint density at radius 1 is 0.905 bits per heavy atom. The molecular formula is C17H20O4. The van der Waals surface area contributed by atoms with Gasteiger partial charge in [-0.2, -0.15) is 0 Å². The highest BCUT2D eigenvalue weighted by atomic mass is 16.5. The lowest BCUT2D eigenvalue weighted by Crippen LogP contribution is -2.06. The van der Waals surface area contributed by atoms with Crippen LogP contribution in [0, 0.1) is 0 Å². The summed E-state index contributed by atoms with van der Waals surface area (Å²) in [4.78, 5) is 0. The van der Waals surface area contributed by atoms with Gasteiger partial charge in [-0.25, -0.2) is 0 Å². The van der Waals surface area contributed by atoms with Gasteiger partial charge in [0.2, 0.25) is 0 Å². The van der Waals surface area contributed by atoms with Crippen molar-refractivity contribution in [2.45, 2.75) is 12.5 Å². The van der Waals surface area contributed by atoms with E-state index in [1.54, 1.807) is 21.3 Å². The summed E-state index contributed by atoms with van der Waals surface area (Å²) in [5.41, 5.74) is 1.64. The lowest BCUT2D eigenvalue weighted by atomic mass is 9.99. The first-order valence-electron chi connectivity index (χ1n) is 6.71. The van der Waals surface area contributed by atoms with Crippen LogP contribution in [0.15, 0.2) is 42.5 Å². The van der Waals surface area contributed by atoms with Crippen molar-refractivity contribution in [3.63, 3.8) is 0 Å². The van der Waals surface area contributed by atoms with Gasteiger partial charge >= 0.3 is 0 Å². The summed E-state index contributed by atoms with van der Waals surface area (Å²) >= 11 is 0. The summed E-state index contributed by atoms with van der Waals surface area (Å²) in [5, 5.41) is 10.6. The Kier molecular flexibility index (Phi) is 5.06. The SMILES string of the molecule is COc1cccc(CC(O)c2c(OC)cccc2OC)c1. The molecule has 1 N–H and O–H groups in total. The molecule has 1 atom stereocenters. The van der Waals surface area contributed by atoms with Crippen molar-refractivity contribution in [3.05, 3.63) is 53.6 Å². The second-order valence-electron chi connectivity index (χ2n) is 4.65. The van der Waals surface area contributed by atoms with Gasteiger partial charge in [0.1, 0.15) is 17.2 Å². The maximum Gasteiger partial charge on any atom is 0.128 e. The molecule has 4 nitrogen and oxygen atoms in total. The number of benzene rings is 2. The predicted octanol–water partition coefficient (Wildman–Crippen LogP) is 2.99. The molecule has 0 fully saturated rings. The number of aliphatic hydroxyl groups excluding tert-OH is 1. The van der Waals surface area contributed by atoms with Crippen LogP contribution in [-0.2, 0) is 6.42 Å². The predicted molar refractivity (Wildman–Crippen MR) is 81.2 cm³/mol. The Morgan fingerprint density at radius 2 is 1.52 bits per heavy atom. The van der Waals surface area contributed by atoms with Gasteiger partial charge in [0.25, 0.3) is 0 Å². The molecule has 0 amide bonds. The lowest BCUT2D eigenvalue weighted by Gasteiger charge is -2.18. The van der Waals surface area contributed by atoms with Gasteiger partial charge in [-0.15, -0.1) is 0 Å². The van der Waals surface area contributed by atoms with E-state index in [9.17, 15) is 5.11 Å². The van der Waals surface area contributed by atoms with Crippen LogP contribution in [0.3, 0.4) is 0 Å². The van der Waals surface area contributed by atoms with Crippen LogP contribution < -0.4 is 14.2 Å². The van der Waals surface area contributed by atoms with Crippen molar-refractivity contribution in [2.24, 2.45) is 0 Å². The summed E-state index contributed by atoms with van der Waals surface area (Å²) in [6, 6.07) is 13.1. The summed E-state index contributed by atoms with van der Waals surface area (Å²) in [5.74, 6) is 2.00. The van der Waals surface area contributed by atoms with E-state index in [1.807, 2.05) is 42.5 Å². The second kappa shape index (κ2) is 6.99. The third kappa shape index (κ3) is 3.47. The molecule has 0 aliphatic heterocycles. The standard InChI is InChI=1S/C17H20O4/c1-19-13-7-4-6-12(10-13)11-14(18)17-15(20-2)8-5-9-16(17)21-3/h4-10,14,18H,11H2,1-3H3. The van der Waals surface area contributed by atoms with Crippen molar-refractivity contribution in [1.29, 1.82) is 0 Å². The Labute approximate surface area is 124 Å². The topological polar surface area (TPSA) is 47.9 Å². The van der Waals surface area contributed by atoms with Crippen LogP contribution >= 0.6 is 0 Å². The van der Waals surface area contributed by atoms with Crippen LogP contribution in [0.25, 0.3) is 0 Å². The Hall–Kier alpha value is -2.20. The fourth-order valence-electron chi connectivity index (χ4n) is 2.33. The zero-order valence-corrected chi connectivity index (χ0v) is 12.5. The molecule has 2 aromatic carbocycles. The van der Waals surface area contributed by atoms with Crippen molar-refractivity contribution in [3.8, 4) is 17.2 Å². The smallest absolute Gasteiger partial charge is 0.128 e. The molecule has 0 radical (unpaired) electrons. The van der Waals surface area contributed by atoms with Crippen molar-refractivity contribution in [2.75, 3.05) is 21.3 Å². The van der Waals surface area contributed by atoms with E-state index in [0.717, 1.165) is 11.3 Å². The van der Waals surface area contributed by atoms with Gasteiger partial charge in [0.15, 0.2) is 0 Å². The summed E-state index contributed by atoms with van der Waals surface area (Å²) < 4.78 is 15.9. The first-order valence-corrected chi connectivity index (χ1v) is 6.71. The fourth-order valence-corrected chi connectivity index (χ4v) is 2.33. The van der Waals surface area contributed by atoms with Gasteiger partial charge in [-0.1, -0.05) is 18.2 Å². The Balaban J connectivity index is 2.29. The summed E-state index contributed by atoms with van der Waals surface area (Å²) in [7, 11) is 4.78. The van der Waals surface area contributed by atoms with Gasteiger partial charge in [-0.3, -0.25) is 0 Å². The number of methoxy groups -OCH3 is 3. The quantitative estimate of drug-likeness (QED) is 0.887. The largest absolute Gasteiger partial charge is 0.497 e. The Morgan fingerprint density at radius 3 is 2.10 bits per heavy atom. The number of hydrogen-bond donors (Lipinski definition) is 1. The molecule has 0 aliphatic rings. The van der Waals surface area contributed by atoms with E-state index >= 15 is 0 Å². The monoisotopic (exact) mass is 288 g/mol. The highest BCUT2D eigenvalue weighted by Gasteiger charge is 2.19. The van der Waals surface area contributed by atoms with E-state index < -0.39 is 6.10 Å². The minimum absolute atomic E-state index is 0.452. The number of rotatable bonds is 6. The lowest BCUT2D eigenvalue weighted by molar-refractivity contribution is 0.169. The zero-order valence-electron chi connectivity index (χ0n) is 12.5. The molecule has 0 heterocycles. The third-order valence-electron chi connectivity index (χ3n) is 3.36. The van der Waals surface area contributed by atoms with Crippen LogP contribution in [-0.4, -0.2) is 26.4 Å². The molecule has 0 aromatic heterocycles. The van der Waals surface area contributed by atoms with Crippen LogP contribution in [0.2, 0.25) is 0 Å². The molecule has 2 aromatic rings. The van der Waals surface area contributed by atoms with E-state index in [-0.39, 0.29) is 0 Å². The molecule has 21 heavy (non-hydrogen) atoms. The minimum Gasteiger partial charge on any atom is -0.497 e. The molecule has 0 saturated carbocycles. The molecule has 0 spiro atoms. The summed E-state index contributed by atoms with van der Waals surface area (Å²) in [6.07, 6.45) is -0.267. The maximum atomic E-state index is 10.6. The average molecular weight is 288 g/mol. The number of aliphatic hydroxyl groups is 1. The first-order chi connectivity index (χ1) is 10.2. The van der Waals surface area contributed by atoms with Gasteiger partial charge in [0.05, 0.1) is 33.0 Å². The van der Waals surface area contributed by atoms with Crippen LogP contribution in [0.5, 0.6) is 17.2 Å². The normalized spacial score (nSPS) is 11.8. The zero-order chi connectivity index (χ0) is 15.2. The molecular weight excluding hydrogens is 268 g/mol. The molecule has 0 bridgehead atoms. The summed E-state index contributed by atoms with van der Waals surface area (Å²) in [6.45, 7) is 0. The minimum atomic E-state index is -0.719. The van der Waals surface area contributed by atoms with Crippen molar-refractivity contribution < 1.29 is 19.3 Å². The van der Waals surface area contributed by atoms with Gasteiger partial charge in [-0.05, 0) is 29.8 Å². The van der Waals surface area contributed by atoms with Crippen LogP contribution in [0.4, 0.5) is 0 Å². The molecule has 4 heteroatoms. The molecule has 1 unspecified atom stereocenters. The van der Waals surface area contributed by atoms with Gasteiger partial charge < -0.3 is 19.3 Å². The molecule has 2 rings (SSSR count). The second-order valence-corrected chi connectivity index (χ2v) is 4.65.